The van der Waals surface area contributed by atoms with E-state index < -0.39 is 16.1 Å². The van der Waals surface area contributed by atoms with E-state index in [9.17, 15) is 13.2 Å². The second-order valence-corrected chi connectivity index (χ2v) is 12.3. The van der Waals surface area contributed by atoms with Crippen molar-refractivity contribution in [3.05, 3.63) is 52.9 Å². The van der Waals surface area contributed by atoms with Crippen LogP contribution in [0.5, 0.6) is 0 Å². The zero-order chi connectivity index (χ0) is 23.9. The Hall–Kier alpha value is -2.93. The maximum absolute atomic E-state index is 13.0. The summed E-state index contributed by atoms with van der Waals surface area (Å²) >= 11 is 2.77. The van der Waals surface area contributed by atoms with E-state index in [0.29, 0.717) is 36.1 Å². The van der Waals surface area contributed by atoms with Crippen LogP contribution in [0.15, 0.2) is 52.2 Å². The molecule has 178 valence electrons. The number of amides is 1. The molecule has 1 fully saturated rings. The highest BCUT2D eigenvalue weighted by Crippen LogP contribution is 2.34. The number of H-pyrrole nitrogens is 1. The first-order chi connectivity index (χ1) is 16.3. The maximum Gasteiger partial charge on any atom is 0.407 e. The molecular weight excluding hydrogens is 494 g/mol. The van der Waals surface area contributed by atoms with Crippen LogP contribution in [0.1, 0.15) is 4.88 Å². The van der Waals surface area contributed by atoms with Gasteiger partial charge in [0.25, 0.3) is 10.0 Å². The minimum atomic E-state index is -3.64. The van der Waals surface area contributed by atoms with Gasteiger partial charge in [0, 0.05) is 56.2 Å². The number of sulfonamides is 1. The van der Waals surface area contributed by atoms with E-state index in [2.05, 4.69) is 14.9 Å². The highest BCUT2D eigenvalue weighted by Gasteiger charge is 2.25. The minimum absolute atomic E-state index is 0.299. The summed E-state index contributed by atoms with van der Waals surface area (Å²) in [6.45, 7) is 3.13. The molecule has 0 saturated carbocycles. The minimum Gasteiger partial charge on any atom is -0.465 e. The number of para-hydroxylation sites is 1. The Morgan fingerprint density at radius 3 is 2.71 bits per heavy atom. The molecule has 0 unspecified atom stereocenters. The number of rotatable bonds is 6. The third-order valence-corrected chi connectivity index (χ3v) is 10.0. The molecule has 1 aromatic carbocycles. The average molecular weight is 518 g/mol. The molecule has 0 spiro atoms. The van der Waals surface area contributed by atoms with Crippen molar-refractivity contribution < 1.29 is 18.3 Å². The smallest absolute Gasteiger partial charge is 0.407 e. The molecule has 5 rings (SSSR count). The Bertz CT molecular complexity index is 1420. The summed E-state index contributed by atoms with van der Waals surface area (Å²) < 4.78 is 27.7. The summed E-state index contributed by atoms with van der Waals surface area (Å²) in [4.78, 5) is 23.8. The Kier molecular flexibility index (Phi) is 6.06. The van der Waals surface area contributed by atoms with Gasteiger partial charge < -0.3 is 15.0 Å². The van der Waals surface area contributed by atoms with Gasteiger partial charge in [0.05, 0.1) is 16.9 Å². The van der Waals surface area contributed by atoms with Crippen LogP contribution in [-0.4, -0.2) is 72.6 Å². The third kappa shape index (κ3) is 4.29. The number of hydrogen-bond donors (Lipinski definition) is 2. The first-order valence-electron chi connectivity index (χ1n) is 10.6. The van der Waals surface area contributed by atoms with Crippen LogP contribution < -0.4 is 4.31 Å². The summed E-state index contributed by atoms with van der Waals surface area (Å²) in [5, 5.41) is 12.6. The lowest BCUT2D eigenvalue weighted by molar-refractivity contribution is 0.103. The fourth-order valence-corrected chi connectivity index (χ4v) is 7.31. The Morgan fingerprint density at radius 2 is 2.00 bits per heavy atom. The molecule has 1 aliphatic rings. The van der Waals surface area contributed by atoms with E-state index in [1.807, 2.05) is 24.4 Å². The second-order valence-electron chi connectivity index (χ2n) is 8.01. The van der Waals surface area contributed by atoms with Crippen LogP contribution >= 0.6 is 22.7 Å². The lowest BCUT2D eigenvalue weighted by atomic mass is 10.2. The summed E-state index contributed by atoms with van der Waals surface area (Å²) in [7, 11) is -2.08. The molecule has 4 heterocycles. The van der Waals surface area contributed by atoms with Gasteiger partial charge in [0.15, 0.2) is 0 Å². The van der Waals surface area contributed by atoms with Gasteiger partial charge in [-0.2, -0.15) is 0 Å². The van der Waals surface area contributed by atoms with Gasteiger partial charge in [-0.1, -0.05) is 18.2 Å². The largest absolute Gasteiger partial charge is 0.465 e. The van der Waals surface area contributed by atoms with E-state index in [1.54, 1.807) is 42.0 Å². The fraction of sp³-hybridized carbons (Fsp3) is 0.273. The van der Waals surface area contributed by atoms with Crippen LogP contribution in [0.4, 0.5) is 10.5 Å². The SMILES string of the molecule is CN(c1cccc2cc(-c3ncc(CN4CCN(C(=O)O)CC4)s3)[nH]c12)S(=O)(=O)c1cccs1. The van der Waals surface area contributed by atoms with Crippen molar-refractivity contribution in [2.75, 3.05) is 37.5 Å². The van der Waals surface area contributed by atoms with Crippen LogP contribution in [0.25, 0.3) is 21.6 Å². The molecule has 0 atom stereocenters. The van der Waals surface area contributed by atoms with Gasteiger partial charge in [-0.25, -0.2) is 18.2 Å². The molecule has 1 saturated heterocycles. The number of aromatic nitrogens is 2. The first-order valence-corrected chi connectivity index (χ1v) is 13.8. The van der Waals surface area contributed by atoms with E-state index in [1.165, 1.54) is 20.5 Å². The number of carbonyl (C=O) groups is 1. The standard InChI is InChI=1S/C22H23N5O4S3/c1-25(34(30,31)19-6-3-11-32-19)18-5-2-4-15-12-17(24-20(15)18)21-23-13-16(33-21)14-26-7-9-27(10-8-26)22(28)29/h2-6,11-13,24H,7-10,14H2,1H3,(H,28,29). The van der Waals surface area contributed by atoms with Crippen LogP contribution in [0, 0.1) is 0 Å². The zero-order valence-corrected chi connectivity index (χ0v) is 20.8. The van der Waals surface area contributed by atoms with Crippen molar-refractivity contribution in [2.24, 2.45) is 0 Å². The quantitative estimate of drug-likeness (QED) is 0.400. The Morgan fingerprint density at radius 1 is 1.21 bits per heavy atom. The summed E-state index contributed by atoms with van der Waals surface area (Å²) in [6, 6.07) is 10.9. The lowest BCUT2D eigenvalue weighted by Crippen LogP contribution is -2.47. The van der Waals surface area contributed by atoms with Crippen molar-refractivity contribution in [1.29, 1.82) is 0 Å². The molecule has 0 radical (unpaired) electrons. The van der Waals surface area contributed by atoms with Crippen LogP contribution in [0.2, 0.25) is 0 Å². The van der Waals surface area contributed by atoms with E-state index in [-0.39, 0.29) is 0 Å². The molecule has 9 nitrogen and oxygen atoms in total. The second kappa shape index (κ2) is 9.02. The van der Waals surface area contributed by atoms with Gasteiger partial charge in [-0.15, -0.1) is 22.7 Å². The van der Waals surface area contributed by atoms with Crippen molar-refractivity contribution in [3.63, 3.8) is 0 Å². The molecular formula is C22H23N5O4S3. The first kappa shape index (κ1) is 22.8. The number of benzene rings is 1. The van der Waals surface area contributed by atoms with E-state index in [0.717, 1.165) is 33.0 Å². The van der Waals surface area contributed by atoms with Gasteiger partial charge in [-0.3, -0.25) is 9.21 Å². The lowest BCUT2D eigenvalue weighted by Gasteiger charge is -2.32. The molecule has 12 heteroatoms. The number of fused-ring (bicyclic) bond motifs is 1. The van der Waals surface area contributed by atoms with Crippen molar-refractivity contribution in [1.82, 2.24) is 19.8 Å². The van der Waals surface area contributed by atoms with Gasteiger partial charge in [0.2, 0.25) is 0 Å². The van der Waals surface area contributed by atoms with Gasteiger partial charge >= 0.3 is 6.09 Å². The molecule has 34 heavy (non-hydrogen) atoms. The van der Waals surface area contributed by atoms with Crippen molar-refractivity contribution in [2.45, 2.75) is 10.8 Å². The van der Waals surface area contributed by atoms with Gasteiger partial charge in [0.1, 0.15) is 9.22 Å². The molecule has 1 aliphatic heterocycles. The van der Waals surface area contributed by atoms with Crippen molar-refractivity contribution >= 4 is 55.4 Å². The molecule has 0 aliphatic carbocycles. The number of nitrogens with zero attached hydrogens (tertiary/aromatic N) is 4. The molecule has 3 aromatic heterocycles. The van der Waals surface area contributed by atoms with Crippen LogP contribution in [-0.2, 0) is 16.6 Å². The predicted octanol–water partition coefficient (Wildman–Crippen LogP) is 3.97. The summed E-state index contributed by atoms with van der Waals surface area (Å²) in [5.74, 6) is 0. The monoisotopic (exact) mass is 517 g/mol. The number of carboxylic acid groups (broad SMARTS) is 1. The van der Waals surface area contributed by atoms with Crippen LogP contribution in [0.3, 0.4) is 0 Å². The van der Waals surface area contributed by atoms with E-state index >= 15 is 0 Å². The van der Waals surface area contributed by atoms with Gasteiger partial charge in [-0.05, 0) is 23.6 Å². The maximum atomic E-state index is 13.0. The number of piperazine rings is 1. The Balaban J connectivity index is 1.37. The highest BCUT2D eigenvalue weighted by atomic mass is 32.2. The number of hydrogen-bond acceptors (Lipinski definition) is 7. The van der Waals surface area contributed by atoms with E-state index in [4.69, 9.17) is 5.11 Å². The van der Waals surface area contributed by atoms with Crippen molar-refractivity contribution in [3.8, 4) is 10.7 Å². The molecule has 0 bridgehead atoms. The number of thiophene rings is 1. The zero-order valence-electron chi connectivity index (χ0n) is 18.3. The number of anilines is 1. The number of thiazole rings is 1. The summed E-state index contributed by atoms with van der Waals surface area (Å²) in [5.41, 5.74) is 2.14. The predicted molar refractivity (Wildman–Crippen MR) is 134 cm³/mol. The number of aromatic amines is 1. The normalized spacial score (nSPS) is 15.1. The Labute approximate surface area is 204 Å². The topological polar surface area (TPSA) is 110 Å². The molecule has 2 N–H and O–H groups in total. The molecule has 4 aromatic rings. The number of nitrogens with one attached hydrogen (secondary N) is 1. The highest BCUT2D eigenvalue weighted by molar-refractivity contribution is 7.94. The molecule has 1 amide bonds. The average Bonchev–Trinajstić information content (AvgIpc) is 3.59. The summed E-state index contributed by atoms with van der Waals surface area (Å²) in [6.07, 6.45) is 0.982. The third-order valence-electron chi connectivity index (χ3n) is 5.89. The fourth-order valence-electron chi connectivity index (χ4n) is 4.02.